The van der Waals surface area contributed by atoms with Gasteiger partial charge in [0.05, 0.1) is 6.04 Å². The lowest BCUT2D eigenvalue weighted by Crippen LogP contribution is -2.28. The number of nitrogens with one attached hydrogen (secondary N) is 1. The van der Waals surface area contributed by atoms with Gasteiger partial charge in [-0.15, -0.1) is 0 Å². The number of nitrogens with two attached hydrogens (primary N) is 1. The molecular weight excluding hydrogens is 246 g/mol. The SMILES string of the molecule is CC(N=C(N)NO)c1cccc(Br)c1. The standard InChI is InChI=1S/C9H12BrN3O/c1-6(12-9(11)13-14)7-3-2-4-8(10)5-7/h2-6,14H,1H3,(H3,11,12,13). The van der Waals surface area contributed by atoms with Gasteiger partial charge in [0, 0.05) is 4.47 Å². The third-order valence-corrected chi connectivity index (χ3v) is 2.27. The van der Waals surface area contributed by atoms with E-state index in [1.807, 2.05) is 31.2 Å². The molecule has 0 bridgehead atoms. The monoisotopic (exact) mass is 257 g/mol. The van der Waals surface area contributed by atoms with Crippen molar-refractivity contribution in [2.75, 3.05) is 0 Å². The number of benzene rings is 1. The number of hydrogen-bond donors (Lipinski definition) is 3. The molecule has 76 valence electrons. The second-order valence-corrected chi connectivity index (χ2v) is 3.77. The van der Waals surface area contributed by atoms with Gasteiger partial charge in [0.2, 0.25) is 5.96 Å². The van der Waals surface area contributed by atoms with Gasteiger partial charge in [-0.2, -0.15) is 0 Å². The van der Waals surface area contributed by atoms with Crippen molar-refractivity contribution in [2.45, 2.75) is 13.0 Å². The topological polar surface area (TPSA) is 70.6 Å². The summed E-state index contributed by atoms with van der Waals surface area (Å²) in [4.78, 5) is 4.02. The van der Waals surface area contributed by atoms with Crippen molar-refractivity contribution in [2.24, 2.45) is 10.7 Å². The molecule has 1 rings (SSSR count). The average Bonchev–Trinajstić information content (AvgIpc) is 2.17. The van der Waals surface area contributed by atoms with Crippen LogP contribution < -0.4 is 11.2 Å². The Morgan fingerprint density at radius 2 is 2.36 bits per heavy atom. The molecule has 1 unspecified atom stereocenters. The van der Waals surface area contributed by atoms with Crippen LogP contribution in [0.15, 0.2) is 33.7 Å². The van der Waals surface area contributed by atoms with E-state index in [1.165, 1.54) is 0 Å². The van der Waals surface area contributed by atoms with Crippen LogP contribution in [0.3, 0.4) is 0 Å². The van der Waals surface area contributed by atoms with Gasteiger partial charge >= 0.3 is 0 Å². The maximum Gasteiger partial charge on any atom is 0.213 e. The fourth-order valence-electron chi connectivity index (χ4n) is 1.08. The third-order valence-electron chi connectivity index (χ3n) is 1.78. The van der Waals surface area contributed by atoms with Gasteiger partial charge in [0.15, 0.2) is 0 Å². The fraction of sp³-hybridized carbons (Fsp3) is 0.222. The molecule has 0 heterocycles. The van der Waals surface area contributed by atoms with Crippen LogP contribution in [0.1, 0.15) is 18.5 Å². The highest BCUT2D eigenvalue weighted by Gasteiger charge is 2.03. The summed E-state index contributed by atoms with van der Waals surface area (Å²) < 4.78 is 0.993. The molecule has 0 aromatic heterocycles. The number of rotatable bonds is 2. The normalized spacial score (nSPS) is 13.8. The van der Waals surface area contributed by atoms with Gasteiger partial charge in [0.25, 0.3) is 0 Å². The van der Waals surface area contributed by atoms with E-state index in [2.05, 4.69) is 20.9 Å². The second kappa shape index (κ2) is 4.97. The van der Waals surface area contributed by atoms with E-state index in [-0.39, 0.29) is 12.0 Å². The van der Waals surface area contributed by atoms with Crippen molar-refractivity contribution in [3.63, 3.8) is 0 Å². The van der Waals surface area contributed by atoms with Crippen LogP contribution in [-0.4, -0.2) is 11.2 Å². The number of nitrogens with zero attached hydrogens (tertiary/aromatic N) is 1. The molecule has 0 aliphatic heterocycles. The molecule has 0 aliphatic rings. The first-order valence-corrected chi connectivity index (χ1v) is 4.91. The highest BCUT2D eigenvalue weighted by atomic mass is 79.9. The molecule has 4 N–H and O–H groups in total. The summed E-state index contributed by atoms with van der Waals surface area (Å²) in [6, 6.07) is 7.68. The molecule has 0 radical (unpaired) electrons. The lowest BCUT2D eigenvalue weighted by Gasteiger charge is -2.08. The number of guanidine groups is 1. The Labute approximate surface area is 90.9 Å². The van der Waals surface area contributed by atoms with Crippen molar-refractivity contribution in [3.05, 3.63) is 34.3 Å². The quantitative estimate of drug-likeness (QED) is 0.430. The van der Waals surface area contributed by atoms with Crippen LogP contribution in [0.4, 0.5) is 0 Å². The van der Waals surface area contributed by atoms with E-state index in [0.717, 1.165) is 10.0 Å². The number of hydroxylamine groups is 1. The Bertz CT molecular complexity index is 341. The van der Waals surface area contributed by atoms with Crippen molar-refractivity contribution in [1.82, 2.24) is 5.48 Å². The molecule has 0 amide bonds. The van der Waals surface area contributed by atoms with Crippen molar-refractivity contribution >= 4 is 21.9 Å². The Hall–Kier alpha value is -1.07. The van der Waals surface area contributed by atoms with E-state index in [1.54, 1.807) is 5.48 Å². The maximum absolute atomic E-state index is 8.47. The zero-order valence-corrected chi connectivity index (χ0v) is 9.32. The number of halogens is 1. The third kappa shape index (κ3) is 3.01. The van der Waals surface area contributed by atoms with Gasteiger partial charge in [-0.3, -0.25) is 5.21 Å². The van der Waals surface area contributed by atoms with Crippen LogP contribution in [0, 0.1) is 0 Å². The summed E-state index contributed by atoms with van der Waals surface area (Å²) in [7, 11) is 0. The lowest BCUT2D eigenvalue weighted by atomic mass is 10.1. The minimum Gasteiger partial charge on any atom is -0.368 e. The lowest BCUT2D eigenvalue weighted by molar-refractivity contribution is 0.232. The zero-order chi connectivity index (χ0) is 10.6. The molecule has 4 nitrogen and oxygen atoms in total. The minimum absolute atomic E-state index is 0.0116. The Morgan fingerprint density at radius 1 is 1.64 bits per heavy atom. The van der Waals surface area contributed by atoms with Gasteiger partial charge < -0.3 is 5.73 Å². The Kier molecular flexibility index (Phi) is 3.91. The predicted molar refractivity (Wildman–Crippen MR) is 59.1 cm³/mol. The molecule has 5 heteroatoms. The highest BCUT2D eigenvalue weighted by Crippen LogP contribution is 2.20. The van der Waals surface area contributed by atoms with E-state index >= 15 is 0 Å². The fourth-order valence-corrected chi connectivity index (χ4v) is 1.50. The van der Waals surface area contributed by atoms with Gasteiger partial charge in [-0.25, -0.2) is 10.5 Å². The Morgan fingerprint density at radius 3 is 2.93 bits per heavy atom. The Balaban J connectivity index is 2.84. The molecule has 1 atom stereocenters. The van der Waals surface area contributed by atoms with Crippen LogP contribution in [-0.2, 0) is 0 Å². The summed E-state index contributed by atoms with van der Waals surface area (Å²) in [6.07, 6.45) is 0. The van der Waals surface area contributed by atoms with Gasteiger partial charge in [0.1, 0.15) is 0 Å². The second-order valence-electron chi connectivity index (χ2n) is 2.86. The van der Waals surface area contributed by atoms with E-state index < -0.39 is 0 Å². The molecule has 14 heavy (non-hydrogen) atoms. The molecule has 0 saturated heterocycles. The summed E-state index contributed by atoms with van der Waals surface area (Å²) in [6.45, 7) is 1.89. The smallest absolute Gasteiger partial charge is 0.213 e. The average molecular weight is 258 g/mol. The van der Waals surface area contributed by atoms with Crippen LogP contribution in [0.25, 0.3) is 0 Å². The van der Waals surface area contributed by atoms with Crippen LogP contribution >= 0.6 is 15.9 Å². The van der Waals surface area contributed by atoms with E-state index in [9.17, 15) is 0 Å². The highest BCUT2D eigenvalue weighted by molar-refractivity contribution is 9.10. The van der Waals surface area contributed by atoms with E-state index in [4.69, 9.17) is 10.9 Å². The van der Waals surface area contributed by atoms with Crippen LogP contribution in [0.5, 0.6) is 0 Å². The maximum atomic E-state index is 8.47. The molecular formula is C9H12BrN3O. The predicted octanol–water partition coefficient (Wildman–Crippen LogP) is 1.80. The number of aliphatic imine (C=N–C) groups is 1. The zero-order valence-electron chi connectivity index (χ0n) is 7.74. The van der Waals surface area contributed by atoms with Crippen LogP contribution in [0.2, 0.25) is 0 Å². The first kappa shape index (κ1) is 11.0. The molecule has 0 saturated carbocycles. The molecule has 0 aliphatic carbocycles. The van der Waals surface area contributed by atoms with Crippen molar-refractivity contribution in [1.29, 1.82) is 0 Å². The summed E-state index contributed by atoms with van der Waals surface area (Å²) in [5, 5.41) is 8.47. The summed E-state index contributed by atoms with van der Waals surface area (Å²) in [5.41, 5.74) is 8.15. The van der Waals surface area contributed by atoms with Gasteiger partial charge in [-0.1, -0.05) is 28.1 Å². The molecule has 1 aromatic rings. The molecule has 0 spiro atoms. The summed E-state index contributed by atoms with van der Waals surface area (Å²) >= 11 is 3.37. The van der Waals surface area contributed by atoms with Crippen molar-refractivity contribution in [3.8, 4) is 0 Å². The number of hydrogen-bond acceptors (Lipinski definition) is 2. The first-order valence-electron chi connectivity index (χ1n) is 4.12. The largest absolute Gasteiger partial charge is 0.368 e. The van der Waals surface area contributed by atoms with Gasteiger partial charge in [-0.05, 0) is 24.6 Å². The molecule has 0 fully saturated rings. The minimum atomic E-state index is -0.0906. The van der Waals surface area contributed by atoms with E-state index in [0.29, 0.717) is 0 Å². The van der Waals surface area contributed by atoms with Crippen molar-refractivity contribution < 1.29 is 5.21 Å². The first-order chi connectivity index (χ1) is 6.63. The summed E-state index contributed by atoms with van der Waals surface area (Å²) in [5.74, 6) is 0.0116. The molecule has 1 aromatic carbocycles.